The standard InChI is InChI=1S/C24H29N3O6S/c1-16-7-13-21(14-8-16)34(31,32)27-15-5-4-6-22(27)24(30)33-17(2)23(29)26-20-11-9-19(10-12-20)25-18(3)28/h7-14,17,22H,4-6,15H2,1-3H3,(H,25,28)(H,26,29)/t17-,22+/m1/s1. The maximum atomic E-state index is 13.2. The third-order valence-corrected chi connectivity index (χ3v) is 7.41. The van der Waals surface area contributed by atoms with E-state index in [4.69, 9.17) is 4.74 Å². The normalized spacial score (nSPS) is 17.4. The number of carbonyl (C=O) groups excluding carboxylic acids is 3. The number of nitrogens with zero attached hydrogens (tertiary/aromatic N) is 1. The number of piperidine rings is 1. The minimum Gasteiger partial charge on any atom is -0.451 e. The van der Waals surface area contributed by atoms with Crippen LogP contribution in [0.4, 0.5) is 11.4 Å². The number of ether oxygens (including phenoxy) is 1. The zero-order valence-electron chi connectivity index (χ0n) is 19.4. The second-order valence-electron chi connectivity index (χ2n) is 8.27. The molecule has 182 valence electrons. The Bertz CT molecular complexity index is 1150. The molecular formula is C24H29N3O6S. The molecule has 0 aromatic heterocycles. The highest BCUT2D eigenvalue weighted by Gasteiger charge is 2.39. The molecule has 1 fully saturated rings. The van der Waals surface area contributed by atoms with Gasteiger partial charge >= 0.3 is 5.97 Å². The van der Waals surface area contributed by atoms with Gasteiger partial charge in [-0.25, -0.2) is 8.42 Å². The van der Waals surface area contributed by atoms with Crippen LogP contribution in [0.15, 0.2) is 53.4 Å². The maximum absolute atomic E-state index is 13.2. The lowest BCUT2D eigenvalue weighted by molar-refractivity contribution is -0.157. The van der Waals surface area contributed by atoms with Gasteiger partial charge in [0, 0.05) is 24.8 Å². The van der Waals surface area contributed by atoms with Crippen LogP contribution in [0.3, 0.4) is 0 Å². The molecule has 1 heterocycles. The first-order valence-electron chi connectivity index (χ1n) is 11.1. The van der Waals surface area contributed by atoms with Crippen LogP contribution >= 0.6 is 0 Å². The highest BCUT2D eigenvalue weighted by atomic mass is 32.2. The van der Waals surface area contributed by atoms with Gasteiger partial charge in [-0.1, -0.05) is 17.7 Å². The van der Waals surface area contributed by atoms with Crippen LogP contribution in [0.1, 0.15) is 38.7 Å². The van der Waals surface area contributed by atoms with E-state index < -0.39 is 34.0 Å². The second-order valence-corrected chi connectivity index (χ2v) is 10.2. The van der Waals surface area contributed by atoms with E-state index in [0.717, 1.165) is 5.56 Å². The lowest BCUT2D eigenvalue weighted by atomic mass is 10.1. The van der Waals surface area contributed by atoms with Crippen LogP contribution < -0.4 is 10.6 Å². The molecule has 9 nitrogen and oxygen atoms in total. The van der Waals surface area contributed by atoms with Crippen LogP contribution in [-0.2, 0) is 29.1 Å². The number of carbonyl (C=O) groups is 3. The van der Waals surface area contributed by atoms with Gasteiger partial charge in [-0.15, -0.1) is 0 Å². The minimum atomic E-state index is -3.89. The van der Waals surface area contributed by atoms with Crippen molar-refractivity contribution in [2.45, 2.75) is 57.1 Å². The summed E-state index contributed by atoms with van der Waals surface area (Å²) in [6, 6.07) is 11.9. The van der Waals surface area contributed by atoms with Crippen molar-refractivity contribution in [3.63, 3.8) is 0 Å². The summed E-state index contributed by atoms with van der Waals surface area (Å²) in [5.41, 5.74) is 1.97. The Hall–Kier alpha value is -3.24. The van der Waals surface area contributed by atoms with Crippen molar-refractivity contribution < 1.29 is 27.5 Å². The molecule has 0 spiro atoms. The molecule has 0 unspecified atom stereocenters. The number of anilines is 2. The van der Waals surface area contributed by atoms with Crippen molar-refractivity contribution in [3.05, 3.63) is 54.1 Å². The minimum absolute atomic E-state index is 0.117. The van der Waals surface area contributed by atoms with Gasteiger partial charge in [0.1, 0.15) is 6.04 Å². The molecule has 2 aromatic rings. The molecular weight excluding hydrogens is 458 g/mol. The third kappa shape index (κ3) is 6.21. The Labute approximate surface area is 199 Å². The summed E-state index contributed by atoms with van der Waals surface area (Å²) in [5, 5.41) is 5.27. The number of rotatable bonds is 7. The summed E-state index contributed by atoms with van der Waals surface area (Å²) < 4.78 is 32.9. The van der Waals surface area contributed by atoms with Crippen molar-refractivity contribution in [2.24, 2.45) is 0 Å². The van der Waals surface area contributed by atoms with Gasteiger partial charge in [0.2, 0.25) is 15.9 Å². The first-order valence-corrected chi connectivity index (χ1v) is 12.5. The monoisotopic (exact) mass is 487 g/mol. The highest BCUT2D eigenvalue weighted by Crippen LogP contribution is 2.27. The predicted molar refractivity (Wildman–Crippen MR) is 128 cm³/mol. The number of amides is 2. The summed E-state index contributed by atoms with van der Waals surface area (Å²) in [6.07, 6.45) is 0.511. The average molecular weight is 488 g/mol. The largest absolute Gasteiger partial charge is 0.451 e. The summed E-state index contributed by atoms with van der Waals surface area (Å²) in [5.74, 6) is -1.51. The fraction of sp³-hybridized carbons (Fsp3) is 0.375. The van der Waals surface area contributed by atoms with Gasteiger partial charge in [0.25, 0.3) is 5.91 Å². The summed E-state index contributed by atoms with van der Waals surface area (Å²) in [6.45, 7) is 4.89. The molecule has 2 atom stereocenters. The Balaban J connectivity index is 1.65. The zero-order valence-corrected chi connectivity index (χ0v) is 20.2. The number of sulfonamides is 1. The molecule has 2 aromatic carbocycles. The SMILES string of the molecule is CC(=O)Nc1ccc(NC(=O)[C@@H](C)OC(=O)[C@@H]2CCCCN2S(=O)(=O)c2ccc(C)cc2)cc1. The van der Waals surface area contributed by atoms with Crippen molar-refractivity contribution >= 4 is 39.2 Å². The van der Waals surface area contributed by atoms with Crippen molar-refractivity contribution in [1.82, 2.24) is 4.31 Å². The Kier molecular flexibility index (Phi) is 8.06. The second kappa shape index (κ2) is 10.8. The molecule has 0 bridgehead atoms. The summed E-state index contributed by atoms with van der Waals surface area (Å²) in [4.78, 5) is 36.7. The molecule has 2 amide bonds. The third-order valence-electron chi connectivity index (χ3n) is 5.49. The highest BCUT2D eigenvalue weighted by molar-refractivity contribution is 7.89. The number of benzene rings is 2. The number of nitrogens with one attached hydrogen (secondary N) is 2. The molecule has 2 N–H and O–H groups in total. The van der Waals surface area contributed by atoms with Crippen LogP contribution in [0.2, 0.25) is 0 Å². The quantitative estimate of drug-likeness (QED) is 0.579. The van der Waals surface area contributed by atoms with Crippen LogP contribution in [-0.4, -0.2) is 49.2 Å². The van der Waals surface area contributed by atoms with Gasteiger partial charge in [-0.2, -0.15) is 4.31 Å². The van der Waals surface area contributed by atoms with E-state index in [1.54, 1.807) is 36.4 Å². The van der Waals surface area contributed by atoms with E-state index in [2.05, 4.69) is 10.6 Å². The van der Waals surface area contributed by atoms with E-state index in [1.807, 2.05) is 6.92 Å². The van der Waals surface area contributed by atoms with Gasteiger partial charge < -0.3 is 15.4 Å². The molecule has 1 saturated heterocycles. The van der Waals surface area contributed by atoms with Crippen molar-refractivity contribution in [3.8, 4) is 0 Å². The Morgan fingerprint density at radius 3 is 2.15 bits per heavy atom. The Morgan fingerprint density at radius 2 is 1.56 bits per heavy atom. The van der Waals surface area contributed by atoms with E-state index in [-0.39, 0.29) is 17.3 Å². The number of aryl methyl sites for hydroxylation is 1. The molecule has 34 heavy (non-hydrogen) atoms. The van der Waals surface area contributed by atoms with Gasteiger partial charge in [-0.05, 0) is 69.5 Å². The van der Waals surface area contributed by atoms with Gasteiger partial charge in [0.15, 0.2) is 6.10 Å². The van der Waals surface area contributed by atoms with Crippen LogP contribution in [0, 0.1) is 6.92 Å². The number of hydrogen-bond donors (Lipinski definition) is 2. The lowest BCUT2D eigenvalue weighted by Crippen LogP contribution is -2.49. The van der Waals surface area contributed by atoms with Crippen molar-refractivity contribution in [2.75, 3.05) is 17.2 Å². The fourth-order valence-electron chi connectivity index (χ4n) is 3.66. The molecule has 0 saturated carbocycles. The van der Waals surface area contributed by atoms with E-state index in [0.29, 0.717) is 30.6 Å². The topological polar surface area (TPSA) is 122 Å². The molecule has 0 radical (unpaired) electrons. The number of esters is 1. The number of hydrogen-bond acceptors (Lipinski definition) is 6. The summed E-state index contributed by atoms with van der Waals surface area (Å²) in [7, 11) is -3.89. The van der Waals surface area contributed by atoms with Crippen LogP contribution in [0.5, 0.6) is 0 Å². The van der Waals surface area contributed by atoms with Crippen LogP contribution in [0.25, 0.3) is 0 Å². The van der Waals surface area contributed by atoms with E-state index in [9.17, 15) is 22.8 Å². The van der Waals surface area contributed by atoms with E-state index >= 15 is 0 Å². The van der Waals surface area contributed by atoms with Gasteiger partial charge in [0.05, 0.1) is 4.90 Å². The molecule has 10 heteroatoms. The summed E-state index contributed by atoms with van der Waals surface area (Å²) >= 11 is 0. The predicted octanol–water partition coefficient (Wildman–Crippen LogP) is 3.07. The molecule has 1 aliphatic rings. The Morgan fingerprint density at radius 1 is 0.971 bits per heavy atom. The zero-order chi connectivity index (χ0) is 24.9. The van der Waals surface area contributed by atoms with E-state index in [1.165, 1.54) is 30.3 Å². The maximum Gasteiger partial charge on any atom is 0.325 e. The average Bonchev–Trinajstić information content (AvgIpc) is 2.80. The lowest BCUT2D eigenvalue weighted by Gasteiger charge is -2.33. The smallest absolute Gasteiger partial charge is 0.325 e. The fourth-order valence-corrected chi connectivity index (χ4v) is 5.31. The first kappa shape index (κ1) is 25.4. The first-order chi connectivity index (χ1) is 16.1. The van der Waals surface area contributed by atoms with Crippen molar-refractivity contribution in [1.29, 1.82) is 0 Å². The molecule has 1 aliphatic heterocycles. The molecule has 3 rings (SSSR count). The molecule has 0 aliphatic carbocycles. The van der Waals surface area contributed by atoms with Gasteiger partial charge in [-0.3, -0.25) is 14.4 Å².